The van der Waals surface area contributed by atoms with E-state index in [4.69, 9.17) is 5.11 Å². The van der Waals surface area contributed by atoms with Crippen LogP contribution < -0.4 is 10.1 Å². The number of rotatable bonds is 6. The van der Waals surface area contributed by atoms with Crippen LogP contribution in [0.25, 0.3) is 0 Å². The summed E-state index contributed by atoms with van der Waals surface area (Å²) in [5.74, 6) is -3.55. The summed E-state index contributed by atoms with van der Waals surface area (Å²) in [5.41, 5.74) is 0.173. The number of hydrogen-bond acceptors (Lipinski definition) is 3. The Morgan fingerprint density at radius 3 is 2.45 bits per heavy atom. The zero-order chi connectivity index (χ0) is 16.9. The third kappa shape index (κ3) is 5.58. The summed E-state index contributed by atoms with van der Waals surface area (Å²) in [7, 11) is 1.25. The summed E-state index contributed by atoms with van der Waals surface area (Å²) in [6.45, 7) is 0. The number of halogens is 4. The maximum absolute atomic E-state index is 13.4. The molecule has 0 aliphatic carbocycles. The fourth-order valence-electron chi connectivity index (χ4n) is 1.68. The number of nitrogens with one attached hydrogen (secondary N) is 1. The van der Waals surface area contributed by atoms with Gasteiger partial charge >= 0.3 is 12.1 Å². The van der Waals surface area contributed by atoms with Crippen molar-refractivity contribution in [1.82, 2.24) is 5.32 Å². The number of ether oxygens (including phenoxy) is 1. The van der Waals surface area contributed by atoms with Gasteiger partial charge in [-0.05, 0) is 17.7 Å². The standard InChI is InChI=1S/C13H13F4NO4/c1-22-10-3-2-7(4-8(10)14)5-11(19)18-9(12(20)21)6-13(15,16)17/h2-4,9H,5-6H2,1H3,(H,18,19)(H,20,21). The molecular weight excluding hydrogens is 310 g/mol. The van der Waals surface area contributed by atoms with Gasteiger partial charge in [0, 0.05) is 0 Å². The number of carbonyl (C=O) groups excluding carboxylic acids is 1. The molecule has 0 aromatic heterocycles. The summed E-state index contributed by atoms with van der Waals surface area (Å²) >= 11 is 0. The number of carbonyl (C=O) groups is 2. The van der Waals surface area contributed by atoms with Gasteiger partial charge in [-0.1, -0.05) is 6.07 Å². The minimum atomic E-state index is -4.73. The molecule has 0 fully saturated rings. The van der Waals surface area contributed by atoms with E-state index in [9.17, 15) is 27.2 Å². The molecule has 0 aliphatic rings. The Kier molecular flexibility index (Phi) is 5.72. The van der Waals surface area contributed by atoms with Gasteiger partial charge in [-0.25, -0.2) is 9.18 Å². The van der Waals surface area contributed by atoms with Crippen LogP contribution in [0.2, 0.25) is 0 Å². The Hall–Kier alpha value is -2.32. The van der Waals surface area contributed by atoms with E-state index in [1.807, 2.05) is 0 Å². The fraction of sp³-hybridized carbons (Fsp3) is 0.385. The predicted molar refractivity (Wildman–Crippen MR) is 66.9 cm³/mol. The maximum Gasteiger partial charge on any atom is 0.391 e. The lowest BCUT2D eigenvalue weighted by molar-refractivity contribution is -0.159. The first-order chi connectivity index (χ1) is 10.1. The van der Waals surface area contributed by atoms with E-state index in [-0.39, 0.29) is 11.3 Å². The predicted octanol–water partition coefficient (Wildman–Crippen LogP) is 1.90. The van der Waals surface area contributed by atoms with Gasteiger partial charge in [0.1, 0.15) is 6.04 Å². The molecule has 5 nitrogen and oxygen atoms in total. The van der Waals surface area contributed by atoms with Crippen molar-refractivity contribution >= 4 is 11.9 Å². The molecule has 1 aromatic carbocycles. The van der Waals surface area contributed by atoms with E-state index in [1.165, 1.54) is 19.2 Å². The first kappa shape index (κ1) is 17.7. The lowest BCUT2D eigenvalue weighted by atomic mass is 10.1. The van der Waals surface area contributed by atoms with Gasteiger partial charge in [0.25, 0.3) is 0 Å². The van der Waals surface area contributed by atoms with Crippen LogP contribution in [0.4, 0.5) is 17.6 Å². The third-order valence-electron chi connectivity index (χ3n) is 2.65. The average molecular weight is 323 g/mol. The lowest BCUT2D eigenvalue weighted by Gasteiger charge is -2.16. The highest BCUT2D eigenvalue weighted by Gasteiger charge is 2.36. The molecule has 0 radical (unpaired) electrons. The highest BCUT2D eigenvalue weighted by Crippen LogP contribution is 2.22. The molecule has 0 saturated heterocycles. The van der Waals surface area contributed by atoms with Crippen molar-refractivity contribution in [2.24, 2.45) is 0 Å². The maximum atomic E-state index is 13.4. The average Bonchev–Trinajstić information content (AvgIpc) is 2.36. The summed E-state index contributed by atoms with van der Waals surface area (Å²) in [6, 6.07) is 1.50. The quantitative estimate of drug-likeness (QED) is 0.784. The SMILES string of the molecule is COc1ccc(CC(=O)NC(CC(F)(F)F)C(=O)O)cc1F. The van der Waals surface area contributed by atoms with Crippen LogP contribution in [0.15, 0.2) is 18.2 Å². The molecule has 0 aliphatic heterocycles. The molecule has 1 atom stereocenters. The molecule has 1 amide bonds. The molecular formula is C13H13F4NO4. The van der Waals surface area contributed by atoms with E-state index in [0.29, 0.717) is 0 Å². The summed E-state index contributed by atoms with van der Waals surface area (Å²) in [5, 5.41) is 10.4. The minimum Gasteiger partial charge on any atom is -0.494 e. The van der Waals surface area contributed by atoms with Crippen LogP contribution in [0.1, 0.15) is 12.0 Å². The van der Waals surface area contributed by atoms with Gasteiger partial charge in [-0.3, -0.25) is 4.79 Å². The van der Waals surface area contributed by atoms with Crippen LogP contribution in [0.3, 0.4) is 0 Å². The Morgan fingerprint density at radius 1 is 1.36 bits per heavy atom. The fourth-order valence-corrected chi connectivity index (χ4v) is 1.68. The largest absolute Gasteiger partial charge is 0.494 e. The minimum absolute atomic E-state index is 0.0513. The summed E-state index contributed by atoms with van der Waals surface area (Å²) < 4.78 is 54.7. The molecule has 0 bridgehead atoms. The second-order valence-corrected chi connectivity index (χ2v) is 4.42. The molecule has 9 heteroatoms. The molecule has 2 N–H and O–H groups in total. The number of alkyl halides is 3. The molecule has 0 spiro atoms. The van der Waals surface area contributed by atoms with Crippen molar-refractivity contribution in [2.45, 2.75) is 25.1 Å². The zero-order valence-corrected chi connectivity index (χ0v) is 11.4. The van der Waals surface area contributed by atoms with E-state index in [2.05, 4.69) is 4.74 Å². The number of methoxy groups -OCH3 is 1. The Morgan fingerprint density at radius 2 is 2.00 bits per heavy atom. The monoisotopic (exact) mass is 323 g/mol. The van der Waals surface area contributed by atoms with Crippen LogP contribution >= 0.6 is 0 Å². The van der Waals surface area contributed by atoms with Crippen LogP contribution in [-0.4, -0.2) is 36.3 Å². The Labute approximate surface area is 122 Å². The highest BCUT2D eigenvalue weighted by atomic mass is 19.4. The van der Waals surface area contributed by atoms with E-state index < -0.39 is 42.8 Å². The zero-order valence-electron chi connectivity index (χ0n) is 11.4. The third-order valence-corrected chi connectivity index (χ3v) is 2.65. The molecule has 1 unspecified atom stereocenters. The smallest absolute Gasteiger partial charge is 0.391 e. The van der Waals surface area contributed by atoms with E-state index >= 15 is 0 Å². The molecule has 122 valence electrons. The Balaban J connectivity index is 2.71. The first-order valence-corrected chi connectivity index (χ1v) is 6.03. The molecule has 0 saturated carbocycles. The number of amides is 1. The number of benzene rings is 1. The van der Waals surface area contributed by atoms with Crippen molar-refractivity contribution in [1.29, 1.82) is 0 Å². The lowest BCUT2D eigenvalue weighted by Crippen LogP contribution is -2.44. The number of carboxylic acids is 1. The normalized spacial score (nSPS) is 12.6. The van der Waals surface area contributed by atoms with Crippen LogP contribution in [-0.2, 0) is 16.0 Å². The molecule has 22 heavy (non-hydrogen) atoms. The van der Waals surface area contributed by atoms with Crippen molar-refractivity contribution in [3.8, 4) is 5.75 Å². The number of aliphatic carboxylic acids is 1. The van der Waals surface area contributed by atoms with Crippen LogP contribution in [0, 0.1) is 5.82 Å². The second kappa shape index (κ2) is 7.10. The van der Waals surface area contributed by atoms with Gasteiger partial charge in [0.05, 0.1) is 20.0 Å². The van der Waals surface area contributed by atoms with Gasteiger partial charge in [-0.2, -0.15) is 13.2 Å². The molecule has 1 aromatic rings. The topological polar surface area (TPSA) is 75.6 Å². The number of hydrogen-bond donors (Lipinski definition) is 2. The second-order valence-electron chi connectivity index (χ2n) is 4.42. The van der Waals surface area contributed by atoms with E-state index in [1.54, 1.807) is 5.32 Å². The first-order valence-electron chi connectivity index (χ1n) is 6.03. The molecule has 1 rings (SSSR count). The van der Waals surface area contributed by atoms with Gasteiger partial charge in [-0.15, -0.1) is 0 Å². The summed E-state index contributed by atoms with van der Waals surface area (Å²) in [4.78, 5) is 22.3. The van der Waals surface area contributed by atoms with Crippen molar-refractivity contribution < 1.29 is 37.0 Å². The number of carboxylic acid groups (broad SMARTS) is 1. The van der Waals surface area contributed by atoms with Gasteiger partial charge in [0.2, 0.25) is 5.91 Å². The summed E-state index contributed by atoms with van der Waals surface area (Å²) in [6.07, 6.45) is -6.88. The molecule has 0 heterocycles. The van der Waals surface area contributed by atoms with Crippen molar-refractivity contribution in [3.05, 3.63) is 29.6 Å². The highest BCUT2D eigenvalue weighted by molar-refractivity contribution is 5.84. The van der Waals surface area contributed by atoms with Crippen LogP contribution in [0.5, 0.6) is 5.75 Å². The van der Waals surface area contributed by atoms with Gasteiger partial charge < -0.3 is 15.2 Å². The van der Waals surface area contributed by atoms with Crippen molar-refractivity contribution in [2.75, 3.05) is 7.11 Å². The Bertz CT molecular complexity index is 559. The van der Waals surface area contributed by atoms with Crippen molar-refractivity contribution in [3.63, 3.8) is 0 Å². The van der Waals surface area contributed by atoms with E-state index in [0.717, 1.165) is 6.07 Å². The van der Waals surface area contributed by atoms with Gasteiger partial charge in [0.15, 0.2) is 11.6 Å².